The summed E-state index contributed by atoms with van der Waals surface area (Å²) in [4.78, 5) is 12.0. The van der Waals surface area contributed by atoms with Crippen LogP contribution in [-0.2, 0) is 10.2 Å². The predicted molar refractivity (Wildman–Crippen MR) is 72.7 cm³/mol. The van der Waals surface area contributed by atoms with Crippen molar-refractivity contribution in [3.05, 3.63) is 35.1 Å². The van der Waals surface area contributed by atoms with E-state index >= 15 is 0 Å². The molecule has 2 unspecified atom stereocenters. The maximum Gasteiger partial charge on any atom is 0.314 e. The number of carbonyl (C=O) groups is 1. The van der Waals surface area contributed by atoms with Gasteiger partial charge in [-0.3, -0.25) is 4.79 Å². The number of carboxylic acid groups (broad SMARTS) is 1. The lowest BCUT2D eigenvalue weighted by atomic mass is 9.67. The summed E-state index contributed by atoms with van der Waals surface area (Å²) in [5, 5.41) is 9.83. The Balaban J connectivity index is 2.61. The SMILES string of the molecule is Cc1c(F)cccc1C1(C(=O)O)CCCCCC1C. The van der Waals surface area contributed by atoms with E-state index in [1.165, 1.54) is 6.07 Å². The lowest BCUT2D eigenvalue weighted by Crippen LogP contribution is -2.42. The minimum Gasteiger partial charge on any atom is -0.481 e. The number of carboxylic acids is 1. The Hall–Kier alpha value is -1.38. The Morgan fingerprint density at radius 3 is 2.79 bits per heavy atom. The lowest BCUT2D eigenvalue weighted by molar-refractivity contribution is -0.146. The van der Waals surface area contributed by atoms with Crippen LogP contribution in [0.1, 0.15) is 50.2 Å². The van der Waals surface area contributed by atoms with Crippen molar-refractivity contribution in [1.82, 2.24) is 0 Å². The van der Waals surface area contributed by atoms with E-state index in [1.54, 1.807) is 19.1 Å². The number of halogens is 1. The third kappa shape index (κ3) is 2.26. The zero-order valence-electron chi connectivity index (χ0n) is 11.6. The molecule has 0 saturated heterocycles. The highest BCUT2D eigenvalue weighted by Crippen LogP contribution is 2.44. The molecule has 2 rings (SSSR count). The van der Waals surface area contributed by atoms with E-state index in [1.807, 2.05) is 6.92 Å². The molecule has 0 bridgehead atoms. The summed E-state index contributed by atoms with van der Waals surface area (Å²) in [5.74, 6) is -1.09. The van der Waals surface area contributed by atoms with Gasteiger partial charge in [0.1, 0.15) is 5.82 Å². The molecule has 19 heavy (non-hydrogen) atoms. The Morgan fingerprint density at radius 2 is 2.11 bits per heavy atom. The second-order valence-corrected chi connectivity index (χ2v) is 5.69. The summed E-state index contributed by atoms with van der Waals surface area (Å²) in [6, 6.07) is 4.81. The first-order valence-electron chi connectivity index (χ1n) is 6.99. The highest BCUT2D eigenvalue weighted by Gasteiger charge is 2.46. The molecule has 1 aliphatic carbocycles. The molecule has 2 atom stereocenters. The van der Waals surface area contributed by atoms with E-state index in [9.17, 15) is 14.3 Å². The van der Waals surface area contributed by atoms with Gasteiger partial charge in [0.15, 0.2) is 0 Å². The van der Waals surface area contributed by atoms with E-state index in [4.69, 9.17) is 0 Å². The maximum atomic E-state index is 13.8. The Bertz CT molecular complexity index is 484. The molecular formula is C16H21FO2. The highest BCUT2D eigenvalue weighted by molar-refractivity contribution is 5.82. The first-order valence-corrected chi connectivity index (χ1v) is 6.99. The van der Waals surface area contributed by atoms with Gasteiger partial charge in [-0.2, -0.15) is 0 Å². The molecule has 1 aromatic carbocycles. The van der Waals surface area contributed by atoms with Gasteiger partial charge in [-0.15, -0.1) is 0 Å². The number of hydrogen-bond donors (Lipinski definition) is 1. The molecule has 104 valence electrons. The van der Waals surface area contributed by atoms with Crippen molar-refractivity contribution < 1.29 is 14.3 Å². The van der Waals surface area contributed by atoms with Crippen molar-refractivity contribution in [3.63, 3.8) is 0 Å². The van der Waals surface area contributed by atoms with Crippen molar-refractivity contribution in [1.29, 1.82) is 0 Å². The third-order valence-electron chi connectivity index (χ3n) is 4.68. The van der Waals surface area contributed by atoms with E-state index < -0.39 is 11.4 Å². The summed E-state index contributed by atoms with van der Waals surface area (Å²) >= 11 is 0. The third-order valence-corrected chi connectivity index (χ3v) is 4.68. The monoisotopic (exact) mass is 264 g/mol. The largest absolute Gasteiger partial charge is 0.481 e. The molecule has 2 nitrogen and oxygen atoms in total. The van der Waals surface area contributed by atoms with E-state index in [0.717, 1.165) is 25.7 Å². The van der Waals surface area contributed by atoms with Crippen molar-refractivity contribution in [2.75, 3.05) is 0 Å². The number of benzene rings is 1. The second kappa shape index (κ2) is 5.32. The van der Waals surface area contributed by atoms with Gasteiger partial charge in [0.25, 0.3) is 0 Å². The lowest BCUT2D eigenvalue weighted by Gasteiger charge is -2.35. The molecule has 1 saturated carbocycles. The summed E-state index contributed by atoms with van der Waals surface area (Å²) in [6.07, 6.45) is 4.51. The van der Waals surface area contributed by atoms with Gasteiger partial charge in [0.2, 0.25) is 0 Å². The Labute approximate surface area is 113 Å². The number of aliphatic carboxylic acids is 1. The van der Waals surface area contributed by atoms with Crippen LogP contribution in [0.3, 0.4) is 0 Å². The zero-order valence-corrected chi connectivity index (χ0v) is 11.6. The van der Waals surface area contributed by atoms with Crippen LogP contribution in [0, 0.1) is 18.7 Å². The Morgan fingerprint density at radius 1 is 1.37 bits per heavy atom. The molecule has 3 heteroatoms. The van der Waals surface area contributed by atoms with Gasteiger partial charge in [-0.1, -0.05) is 38.3 Å². The van der Waals surface area contributed by atoms with Gasteiger partial charge in [0, 0.05) is 0 Å². The summed E-state index contributed by atoms with van der Waals surface area (Å²) < 4.78 is 13.8. The van der Waals surface area contributed by atoms with Gasteiger partial charge >= 0.3 is 5.97 Å². The smallest absolute Gasteiger partial charge is 0.314 e. The van der Waals surface area contributed by atoms with Crippen LogP contribution in [0.5, 0.6) is 0 Å². The molecular weight excluding hydrogens is 243 g/mol. The fraction of sp³-hybridized carbons (Fsp3) is 0.562. The van der Waals surface area contributed by atoms with Crippen LogP contribution >= 0.6 is 0 Å². The van der Waals surface area contributed by atoms with Crippen molar-refractivity contribution in [3.8, 4) is 0 Å². The molecule has 0 aromatic heterocycles. The fourth-order valence-electron chi connectivity index (χ4n) is 3.45. The van der Waals surface area contributed by atoms with Crippen LogP contribution in [0.2, 0.25) is 0 Å². The average molecular weight is 264 g/mol. The minimum absolute atomic E-state index is 0.0352. The maximum absolute atomic E-state index is 13.8. The molecule has 1 aromatic rings. The molecule has 0 heterocycles. The second-order valence-electron chi connectivity index (χ2n) is 5.69. The standard InChI is InChI=1S/C16H21FO2/c1-11-7-4-3-5-10-16(11,15(18)19)13-8-6-9-14(17)12(13)2/h6,8-9,11H,3-5,7,10H2,1-2H3,(H,18,19). The normalized spacial score (nSPS) is 27.8. The van der Waals surface area contributed by atoms with Gasteiger partial charge < -0.3 is 5.11 Å². The fourth-order valence-corrected chi connectivity index (χ4v) is 3.45. The topological polar surface area (TPSA) is 37.3 Å². The summed E-state index contributed by atoms with van der Waals surface area (Å²) in [6.45, 7) is 3.68. The highest BCUT2D eigenvalue weighted by atomic mass is 19.1. The van der Waals surface area contributed by atoms with Crippen LogP contribution in [0.25, 0.3) is 0 Å². The first kappa shape index (κ1) is 14.0. The van der Waals surface area contributed by atoms with Crippen LogP contribution in [0.4, 0.5) is 4.39 Å². The molecule has 1 aliphatic rings. The molecule has 0 amide bonds. The number of hydrogen-bond acceptors (Lipinski definition) is 1. The molecule has 0 radical (unpaired) electrons. The van der Waals surface area contributed by atoms with Crippen LogP contribution < -0.4 is 0 Å². The van der Waals surface area contributed by atoms with Crippen molar-refractivity contribution in [2.45, 2.75) is 51.4 Å². The zero-order chi connectivity index (χ0) is 14.0. The molecule has 1 N–H and O–H groups in total. The van der Waals surface area contributed by atoms with Gasteiger partial charge in [0.05, 0.1) is 5.41 Å². The molecule has 0 spiro atoms. The summed E-state index contributed by atoms with van der Waals surface area (Å²) in [5.41, 5.74) is 0.218. The Kier molecular flexibility index (Phi) is 3.93. The van der Waals surface area contributed by atoms with Crippen LogP contribution in [-0.4, -0.2) is 11.1 Å². The first-order chi connectivity index (χ1) is 9.00. The van der Waals surface area contributed by atoms with E-state index in [0.29, 0.717) is 17.5 Å². The predicted octanol–water partition coefficient (Wildman–Crippen LogP) is 4.06. The molecule has 0 aliphatic heterocycles. The number of rotatable bonds is 2. The molecule has 1 fully saturated rings. The quantitative estimate of drug-likeness (QED) is 0.818. The van der Waals surface area contributed by atoms with E-state index in [2.05, 4.69) is 0 Å². The van der Waals surface area contributed by atoms with Crippen molar-refractivity contribution in [2.24, 2.45) is 5.92 Å². The van der Waals surface area contributed by atoms with Gasteiger partial charge in [-0.05, 0) is 42.9 Å². The average Bonchev–Trinajstić information content (AvgIpc) is 2.56. The van der Waals surface area contributed by atoms with Crippen LogP contribution in [0.15, 0.2) is 18.2 Å². The van der Waals surface area contributed by atoms with Crippen molar-refractivity contribution >= 4 is 5.97 Å². The van der Waals surface area contributed by atoms with Gasteiger partial charge in [-0.25, -0.2) is 4.39 Å². The minimum atomic E-state index is -0.928. The summed E-state index contributed by atoms with van der Waals surface area (Å²) in [7, 11) is 0. The van der Waals surface area contributed by atoms with E-state index in [-0.39, 0.29) is 11.7 Å².